The number of carbonyl (C=O) groups excluding carboxylic acids is 1. The molecule has 1 amide bonds. The second-order valence-electron chi connectivity index (χ2n) is 4.46. The van der Waals surface area contributed by atoms with E-state index in [1.54, 1.807) is 24.3 Å². The maximum Gasteiger partial charge on any atom is 0.251 e. The molecule has 20 heavy (non-hydrogen) atoms. The SMILES string of the molecule is CCNC(=O)c1cccc(NCc2cccc(O)c2)c1. The minimum atomic E-state index is -0.0755. The number of nitrogens with one attached hydrogen (secondary N) is 2. The normalized spacial score (nSPS) is 10.1. The zero-order valence-corrected chi connectivity index (χ0v) is 11.4. The number of phenols is 1. The molecular formula is C16H18N2O2. The van der Waals surface area contributed by atoms with Crippen LogP contribution in [0.3, 0.4) is 0 Å². The maximum absolute atomic E-state index is 11.7. The van der Waals surface area contributed by atoms with Crippen molar-refractivity contribution in [2.24, 2.45) is 0 Å². The maximum atomic E-state index is 11.7. The minimum Gasteiger partial charge on any atom is -0.508 e. The van der Waals surface area contributed by atoms with Gasteiger partial charge in [-0.05, 0) is 42.8 Å². The van der Waals surface area contributed by atoms with E-state index in [2.05, 4.69) is 10.6 Å². The van der Waals surface area contributed by atoms with Crippen LogP contribution in [-0.2, 0) is 6.54 Å². The van der Waals surface area contributed by atoms with E-state index in [-0.39, 0.29) is 11.7 Å². The van der Waals surface area contributed by atoms with Gasteiger partial charge in [0.2, 0.25) is 0 Å². The van der Waals surface area contributed by atoms with Gasteiger partial charge in [-0.1, -0.05) is 18.2 Å². The lowest BCUT2D eigenvalue weighted by Crippen LogP contribution is -2.22. The van der Waals surface area contributed by atoms with Crippen LogP contribution in [0.2, 0.25) is 0 Å². The third kappa shape index (κ3) is 3.75. The minimum absolute atomic E-state index is 0.0755. The van der Waals surface area contributed by atoms with E-state index in [0.717, 1.165) is 11.3 Å². The van der Waals surface area contributed by atoms with Gasteiger partial charge < -0.3 is 15.7 Å². The summed E-state index contributed by atoms with van der Waals surface area (Å²) in [6.45, 7) is 3.09. The van der Waals surface area contributed by atoms with Crippen LogP contribution in [-0.4, -0.2) is 17.6 Å². The highest BCUT2D eigenvalue weighted by atomic mass is 16.3. The van der Waals surface area contributed by atoms with Crippen molar-refractivity contribution in [3.8, 4) is 5.75 Å². The van der Waals surface area contributed by atoms with E-state index in [4.69, 9.17) is 0 Å². The molecule has 0 unspecified atom stereocenters. The van der Waals surface area contributed by atoms with Crippen molar-refractivity contribution in [1.82, 2.24) is 5.32 Å². The van der Waals surface area contributed by atoms with Crippen LogP contribution < -0.4 is 10.6 Å². The molecule has 4 nitrogen and oxygen atoms in total. The molecule has 3 N–H and O–H groups in total. The Morgan fingerprint density at radius 2 is 1.95 bits per heavy atom. The van der Waals surface area contributed by atoms with Crippen molar-refractivity contribution in [3.05, 3.63) is 59.7 Å². The van der Waals surface area contributed by atoms with Crippen molar-refractivity contribution in [1.29, 1.82) is 0 Å². The zero-order chi connectivity index (χ0) is 14.4. The van der Waals surface area contributed by atoms with Crippen LogP contribution in [0.1, 0.15) is 22.8 Å². The highest BCUT2D eigenvalue weighted by molar-refractivity contribution is 5.95. The lowest BCUT2D eigenvalue weighted by molar-refractivity contribution is 0.0956. The highest BCUT2D eigenvalue weighted by Gasteiger charge is 2.04. The fraction of sp³-hybridized carbons (Fsp3) is 0.188. The van der Waals surface area contributed by atoms with Crippen molar-refractivity contribution in [2.75, 3.05) is 11.9 Å². The number of hydrogen-bond donors (Lipinski definition) is 3. The molecule has 0 aliphatic carbocycles. The molecule has 2 aromatic carbocycles. The highest BCUT2D eigenvalue weighted by Crippen LogP contribution is 2.15. The zero-order valence-electron chi connectivity index (χ0n) is 11.4. The van der Waals surface area contributed by atoms with E-state index in [0.29, 0.717) is 18.7 Å². The molecule has 0 spiro atoms. The Hall–Kier alpha value is -2.49. The first-order valence-corrected chi connectivity index (χ1v) is 6.59. The summed E-state index contributed by atoms with van der Waals surface area (Å²) < 4.78 is 0. The molecule has 0 atom stereocenters. The number of rotatable bonds is 5. The summed E-state index contributed by atoms with van der Waals surface area (Å²) in [5.41, 5.74) is 2.48. The van der Waals surface area contributed by atoms with Gasteiger partial charge in [-0.3, -0.25) is 4.79 Å². The standard InChI is InChI=1S/C16H18N2O2/c1-2-17-16(20)13-6-4-7-14(10-13)18-11-12-5-3-8-15(19)9-12/h3-10,18-19H,2,11H2,1H3,(H,17,20). The number of hydrogen-bond acceptors (Lipinski definition) is 3. The third-order valence-corrected chi connectivity index (χ3v) is 2.87. The van der Waals surface area contributed by atoms with E-state index in [1.165, 1.54) is 0 Å². The van der Waals surface area contributed by atoms with Crippen molar-refractivity contribution < 1.29 is 9.90 Å². The summed E-state index contributed by atoms with van der Waals surface area (Å²) in [5, 5.41) is 15.4. The van der Waals surface area contributed by atoms with E-state index in [9.17, 15) is 9.90 Å². The van der Waals surface area contributed by atoms with Gasteiger partial charge in [0.25, 0.3) is 5.91 Å². The predicted molar refractivity (Wildman–Crippen MR) is 79.9 cm³/mol. The molecule has 2 rings (SSSR count). The monoisotopic (exact) mass is 270 g/mol. The second kappa shape index (κ2) is 6.61. The number of carbonyl (C=O) groups is 1. The number of aromatic hydroxyl groups is 1. The van der Waals surface area contributed by atoms with Crippen molar-refractivity contribution >= 4 is 11.6 Å². The molecule has 2 aromatic rings. The van der Waals surface area contributed by atoms with Crippen molar-refractivity contribution in [2.45, 2.75) is 13.5 Å². The van der Waals surface area contributed by atoms with Crippen LogP contribution in [0.5, 0.6) is 5.75 Å². The molecular weight excluding hydrogens is 252 g/mol. The molecule has 0 radical (unpaired) electrons. The van der Waals surface area contributed by atoms with E-state index in [1.807, 2.05) is 31.2 Å². The van der Waals surface area contributed by atoms with Crippen LogP contribution in [0, 0.1) is 0 Å². The first-order valence-electron chi connectivity index (χ1n) is 6.59. The Balaban J connectivity index is 2.03. The lowest BCUT2D eigenvalue weighted by Gasteiger charge is -2.09. The summed E-state index contributed by atoms with van der Waals surface area (Å²) in [6.07, 6.45) is 0. The smallest absolute Gasteiger partial charge is 0.251 e. The quantitative estimate of drug-likeness (QED) is 0.783. The predicted octanol–water partition coefficient (Wildman–Crippen LogP) is 2.75. The molecule has 0 aromatic heterocycles. The van der Waals surface area contributed by atoms with Crippen LogP contribution in [0.15, 0.2) is 48.5 Å². The first kappa shape index (κ1) is 13.9. The fourth-order valence-corrected chi connectivity index (χ4v) is 1.90. The fourth-order valence-electron chi connectivity index (χ4n) is 1.90. The summed E-state index contributed by atoms with van der Waals surface area (Å²) in [4.78, 5) is 11.7. The molecule has 0 aliphatic rings. The first-order chi connectivity index (χ1) is 9.69. The molecule has 0 heterocycles. The van der Waals surface area contributed by atoms with Gasteiger partial charge in [-0.25, -0.2) is 0 Å². The molecule has 0 aliphatic heterocycles. The summed E-state index contributed by atoms with van der Waals surface area (Å²) in [7, 11) is 0. The van der Waals surface area contributed by atoms with Gasteiger partial charge >= 0.3 is 0 Å². The molecule has 0 saturated carbocycles. The second-order valence-corrected chi connectivity index (χ2v) is 4.46. The molecule has 0 saturated heterocycles. The van der Waals surface area contributed by atoms with Crippen molar-refractivity contribution in [3.63, 3.8) is 0 Å². The van der Waals surface area contributed by atoms with Gasteiger partial charge in [-0.15, -0.1) is 0 Å². The van der Waals surface area contributed by atoms with Gasteiger partial charge in [0.1, 0.15) is 5.75 Å². The van der Waals surface area contributed by atoms with E-state index < -0.39 is 0 Å². The summed E-state index contributed by atoms with van der Waals surface area (Å²) >= 11 is 0. The van der Waals surface area contributed by atoms with Gasteiger partial charge in [0, 0.05) is 24.3 Å². The van der Waals surface area contributed by atoms with E-state index >= 15 is 0 Å². The molecule has 104 valence electrons. The molecule has 0 bridgehead atoms. The Morgan fingerprint density at radius 1 is 1.15 bits per heavy atom. The number of amides is 1. The van der Waals surface area contributed by atoms with Crippen LogP contribution in [0.25, 0.3) is 0 Å². The Kier molecular flexibility index (Phi) is 4.60. The van der Waals surface area contributed by atoms with Crippen LogP contribution in [0.4, 0.5) is 5.69 Å². The number of phenolic OH excluding ortho intramolecular Hbond substituents is 1. The third-order valence-electron chi connectivity index (χ3n) is 2.87. The topological polar surface area (TPSA) is 61.4 Å². The van der Waals surface area contributed by atoms with Gasteiger partial charge in [-0.2, -0.15) is 0 Å². The van der Waals surface area contributed by atoms with Gasteiger partial charge in [0.15, 0.2) is 0 Å². The largest absolute Gasteiger partial charge is 0.508 e. The average Bonchev–Trinajstić information content (AvgIpc) is 2.46. The van der Waals surface area contributed by atoms with Crippen LogP contribution >= 0.6 is 0 Å². The molecule has 0 fully saturated rings. The Bertz CT molecular complexity index is 597. The molecule has 4 heteroatoms. The van der Waals surface area contributed by atoms with Gasteiger partial charge in [0.05, 0.1) is 0 Å². The Morgan fingerprint density at radius 3 is 2.70 bits per heavy atom. The summed E-state index contributed by atoms with van der Waals surface area (Å²) in [5.74, 6) is 0.175. The number of anilines is 1. The summed E-state index contributed by atoms with van der Waals surface area (Å²) in [6, 6.07) is 14.4. The lowest BCUT2D eigenvalue weighted by atomic mass is 10.1. The average molecular weight is 270 g/mol. The number of benzene rings is 2. The Labute approximate surface area is 118 Å².